The Morgan fingerprint density at radius 1 is 1.44 bits per heavy atom. The highest BCUT2D eigenvalue weighted by Crippen LogP contribution is 2.36. The molecule has 0 aromatic heterocycles. The first kappa shape index (κ1) is 12.2. The van der Waals surface area contributed by atoms with E-state index in [1.165, 1.54) is 18.4 Å². The second-order valence-corrected chi connectivity index (χ2v) is 5.92. The molecule has 88 valence electrons. The fourth-order valence-corrected chi connectivity index (χ4v) is 2.72. The van der Waals surface area contributed by atoms with Gasteiger partial charge in [0.2, 0.25) is 0 Å². The Hall–Kier alpha value is -0.290. The van der Waals surface area contributed by atoms with Crippen molar-refractivity contribution in [1.29, 1.82) is 0 Å². The van der Waals surface area contributed by atoms with Crippen molar-refractivity contribution in [2.24, 2.45) is 5.73 Å². The number of benzene rings is 1. The van der Waals surface area contributed by atoms with E-state index in [0.717, 1.165) is 25.2 Å². The summed E-state index contributed by atoms with van der Waals surface area (Å²) < 4.78 is 5.95. The number of para-hydroxylation sites is 1. The SMILES string of the molecule is NC(I)CCCC1CCOc2ccccc21. The highest BCUT2D eigenvalue weighted by atomic mass is 127. The van der Waals surface area contributed by atoms with Gasteiger partial charge in [-0.15, -0.1) is 0 Å². The molecule has 16 heavy (non-hydrogen) atoms. The molecule has 2 rings (SSSR count). The quantitative estimate of drug-likeness (QED) is 0.521. The molecule has 1 aliphatic heterocycles. The number of alkyl halides is 1. The van der Waals surface area contributed by atoms with Crippen LogP contribution < -0.4 is 10.5 Å². The molecule has 0 radical (unpaired) electrons. The van der Waals surface area contributed by atoms with Crippen LogP contribution in [0.4, 0.5) is 0 Å². The van der Waals surface area contributed by atoms with E-state index in [1.54, 1.807) is 0 Å². The number of nitrogens with two attached hydrogens (primary N) is 1. The summed E-state index contributed by atoms with van der Waals surface area (Å²) in [6.07, 6.45) is 4.70. The second-order valence-electron chi connectivity index (χ2n) is 4.32. The van der Waals surface area contributed by atoms with Crippen LogP contribution in [0.2, 0.25) is 0 Å². The Morgan fingerprint density at radius 2 is 2.25 bits per heavy atom. The van der Waals surface area contributed by atoms with Crippen LogP contribution in [0, 0.1) is 0 Å². The minimum atomic E-state index is 0.299. The molecule has 0 amide bonds. The third-order valence-electron chi connectivity index (χ3n) is 3.12. The van der Waals surface area contributed by atoms with Gasteiger partial charge in [-0.1, -0.05) is 47.2 Å². The van der Waals surface area contributed by atoms with E-state index in [0.29, 0.717) is 9.97 Å². The molecule has 1 aromatic carbocycles. The molecule has 0 spiro atoms. The van der Waals surface area contributed by atoms with E-state index in [4.69, 9.17) is 10.5 Å². The maximum atomic E-state index is 5.76. The molecule has 1 aromatic rings. The zero-order valence-electron chi connectivity index (χ0n) is 9.36. The number of halogens is 1. The number of fused-ring (bicyclic) bond motifs is 1. The maximum Gasteiger partial charge on any atom is 0.122 e. The van der Waals surface area contributed by atoms with Gasteiger partial charge >= 0.3 is 0 Å². The Bertz CT molecular complexity index is 340. The Morgan fingerprint density at radius 3 is 3.06 bits per heavy atom. The smallest absolute Gasteiger partial charge is 0.122 e. The van der Waals surface area contributed by atoms with Crippen LogP contribution in [0.15, 0.2) is 24.3 Å². The van der Waals surface area contributed by atoms with Crippen LogP contribution in [0.5, 0.6) is 5.75 Å². The lowest BCUT2D eigenvalue weighted by Gasteiger charge is -2.25. The molecule has 2 nitrogen and oxygen atoms in total. The normalized spacial score (nSPS) is 21.0. The summed E-state index contributed by atoms with van der Waals surface area (Å²) in [7, 11) is 0. The highest BCUT2D eigenvalue weighted by Gasteiger charge is 2.20. The van der Waals surface area contributed by atoms with Gasteiger partial charge in [0.1, 0.15) is 5.75 Å². The second kappa shape index (κ2) is 5.87. The summed E-state index contributed by atoms with van der Waals surface area (Å²) in [5.41, 5.74) is 7.15. The van der Waals surface area contributed by atoms with Gasteiger partial charge in [0.15, 0.2) is 0 Å². The van der Waals surface area contributed by atoms with Crippen LogP contribution in [0.25, 0.3) is 0 Å². The predicted molar refractivity (Wildman–Crippen MR) is 75.1 cm³/mol. The van der Waals surface area contributed by atoms with E-state index in [1.807, 2.05) is 6.07 Å². The molecule has 0 aliphatic carbocycles. The van der Waals surface area contributed by atoms with E-state index in [9.17, 15) is 0 Å². The zero-order chi connectivity index (χ0) is 11.4. The molecule has 2 N–H and O–H groups in total. The molecule has 0 fully saturated rings. The van der Waals surface area contributed by atoms with Crippen molar-refractivity contribution in [3.8, 4) is 5.75 Å². The van der Waals surface area contributed by atoms with Gasteiger partial charge < -0.3 is 10.5 Å². The van der Waals surface area contributed by atoms with Gasteiger partial charge in [-0.2, -0.15) is 0 Å². The average molecular weight is 331 g/mol. The highest BCUT2D eigenvalue weighted by molar-refractivity contribution is 14.1. The summed E-state index contributed by atoms with van der Waals surface area (Å²) in [6, 6.07) is 8.42. The fraction of sp³-hybridized carbons (Fsp3) is 0.538. The molecular formula is C13H18INO. The number of hydrogen-bond acceptors (Lipinski definition) is 2. The van der Waals surface area contributed by atoms with Crippen LogP contribution >= 0.6 is 22.6 Å². The molecule has 0 bridgehead atoms. The molecule has 1 heterocycles. The monoisotopic (exact) mass is 331 g/mol. The molecule has 0 saturated heterocycles. The summed E-state index contributed by atoms with van der Waals surface area (Å²) in [4.78, 5) is 0. The Kier molecular flexibility index (Phi) is 4.46. The van der Waals surface area contributed by atoms with Gasteiger partial charge in [-0.25, -0.2) is 0 Å². The average Bonchev–Trinajstić information content (AvgIpc) is 2.29. The summed E-state index contributed by atoms with van der Waals surface area (Å²) in [5, 5.41) is 0. The lowest BCUT2D eigenvalue weighted by Crippen LogP contribution is -2.15. The third-order valence-corrected chi connectivity index (χ3v) is 3.74. The van der Waals surface area contributed by atoms with Crippen LogP contribution in [0.3, 0.4) is 0 Å². The predicted octanol–water partition coefficient (Wildman–Crippen LogP) is 3.44. The molecule has 0 saturated carbocycles. The van der Waals surface area contributed by atoms with E-state index < -0.39 is 0 Å². The van der Waals surface area contributed by atoms with E-state index in [-0.39, 0.29) is 0 Å². The van der Waals surface area contributed by atoms with E-state index >= 15 is 0 Å². The van der Waals surface area contributed by atoms with Crippen LogP contribution in [0.1, 0.15) is 37.2 Å². The van der Waals surface area contributed by atoms with Gasteiger partial charge in [0, 0.05) is 0 Å². The Balaban J connectivity index is 1.96. The van der Waals surface area contributed by atoms with Crippen LogP contribution in [-0.4, -0.2) is 10.7 Å². The van der Waals surface area contributed by atoms with Gasteiger partial charge in [0.25, 0.3) is 0 Å². The molecule has 2 atom stereocenters. The first-order valence-corrected chi connectivity index (χ1v) is 7.13. The number of hydrogen-bond donors (Lipinski definition) is 1. The molecule has 2 unspecified atom stereocenters. The van der Waals surface area contributed by atoms with Crippen molar-refractivity contribution < 1.29 is 4.74 Å². The van der Waals surface area contributed by atoms with Crippen molar-refractivity contribution in [2.45, 2.75) is 35.6 Å². The van der Waals surface area contributed by atoms with Gasteiger partial charge in [0.05, 0.1) is 10.7 Å². The number of ether oxygens (including phenoxy) is 1. The van der Waals surface area contributed by atoms with Crippen LogP contribution in [-0.2, 0) is 0 Å². The van der Waals surface area contributed by atoms with Crippen molar-refractivity contribution in [2.75, 3.05) is 6.61 Å². The molecule has 1 aliphatic rings. The fourth-order valence-electron chi connectivity index (χ4n) is 2.27. The first-order valence-electron chi connectivity index (χ1n) is 5.89. The van der Waals surface area contributed by atoms with Gasteiger partial charge in [-0.05, 0) is 36.8 Å². The van der Waals surface area contributed by atoms with Crippen molar-refractivity contribution in [3.05, 3.63) is 29.8 Å². The lowest BCUT2D eigenvalue weighted by molar-refractivity contribution is 0.261. The molecular weight excluding hydrogens is 313 g/mol. The molecule has 3 heteroatoms. The maximum absolute atomic E-state index is 5.76. The standard InChI is InChI=1S/C13H18INO/c14-13(15)7-3-4-10-8-9-16-12-6-2-1-5-11(10)12/h1-2,5-6,10,13H,3-4,7-9,15H2. The first-order chi connectivity index (χ1) is 7.77. The summed E-state index contributed by atoms with van der Waals surface area (Å²) in [6.45, 7) is 0.859. The largest absolute Gasteiger partial charge is 0.493 e. The Labute approximate surface area is 111 Å². The summed E-state index contributed by atoms with van der Waals surface area (Å²) in [5.74, 6) is 1.75. The number of rotatable bonds is 4. The minimum absolute atomic E-state index is 0.299. The minimum Gasteiger partial charge on any atom is -0.493 e. The van der Waals surface area contributed by atoms with Crippen molar-refractivity contribution in [1.82, 2.24) is 0 Å². The van der Waals surface area contributed by atoms with Crippen molar-refractivity contribution in [3.63, 3.8) is 0 Å². The topological polar surface area (TPSA) is 35.2 Å². The van der Waals surface area contributed by atoms with E-state index in [2.05, 4.69) is 40.8 Å². The van der Waals surface area contributed by atoms with Crippen molar-refractivity contribution >= 4 is 22.6 Å². The zero-order valence-corrected chi connectivity index (χ0v) is 11.5. The van der Waals surface area contributed by atoms with Gasteiger partial charge in [-0.3, -0.25) is 0 Å². The lowest BCUT2D eigenvalue weighted by atomic mass is 9.89. The summed E-state index contributed by atoms with van der Waals surface area (Å²) >= 11 is 2.29. The third kappa shape index (κ3) is 3.10.